The molecule has 2 aromatic carbocycles. The fraction of sp³-hybridized carbons (Fsp3) is 0.481. The summed E-state index contributed by atoms with van der Waals surface area (Å²) in [6.07, 6.45) is -16.8. The number of fused-ring (bicyclic) bond motifs is 1. The number of amides is 2. The second kappa shape index (κ2) is 12.3. The van der Waals surface area contributed by atoms with Gasteiger partial charge < -0.3 is 9.47 Å². The van der Waals surface area contributed by atoms with E-state index in [9.17, 15) is 49.1 Å². The minimum absolute atomic E-state index is 0.0105. The third-order valence-corrected chi connectivity index (χ3v) is 6.72. The summed E-state index contributed by atoms with van der Waals surface area (Å²) in [4.78, 5) is 27.8. The minimum Gasteiger partial charge on any atom is -0.453 e. The van der Waals surface area contributed by atoms with E-state index >= 15 is 0 Å². The first-order valence-electron chi connectivity index (χ1n) is 12.7. The van der Waals surface area contributed by atoms with Crippen LogP contribution in [0.4, 0.5) is 54.8 Å². The van der Waals surface area contributed by atoms with Crippen molar-refractivity contribution in [3.05, 3.63) is 64.2 Å². The minimum atomic E-state index is -5.17. The molecule has 232 valence electrons. The van der Waals surface area contributed by atoms with Gasteiger partial charge in [-0.2, -0.15) is 39.5 Å². The van der Waals surface area contributed by atoms with Crippen molar-refractivity contribution in [1.82, 2.24) is 4.90 Å². The maximum Gasteiger partial charge on any atom is 0.416 e. The van der Waals surface area contributed by atoms with E-state index in [2.05, 4.69) is 0 Å². The van der Waals surface area contributed by atoms with Gasteiger partial charge in [-0.25, -0.2) is 9.59 Å². The molecule has 0 saturated carbocycles. The van der Waals surface area contributed by atoms with Gasteiger partial charge in [-0.15, -0.1) is 0 Å². The number of alkyl halides is 9. The highest BCUT2D eigenvalue weighted by Gasteiger charge is 2.43. The average Bonchev–Trinajstić information content (AvgIpc) is 2.91. The highest BCUT2D eigenvalue weighted by atomic mass is 19.4. The van der Waals surface area contributed by atoms with Crippen LogP contribution in [0.5, 0.6) is 0 Å². The number of carbonyl (C=O) groups excluding carboxylic acids is 2. The number of halogens is 9. The molecule has 1 aliphatic rings. The highest BCUT2D eigenvalue weighted by Crippen LogP contribution is 2.45. The van der Waals surface area contributed by atoms with Gasteiger partial charge in [0.1, 0.15) is 0 Å². The number of hydrogen-bond donors (Lipinski definition) is 0. The molecule has 15 heteroatoms. The fourth-order valence-corrected chi connectivity index (χ4v) is 4.78. The molecule has 2 atom stereocenters. The van der Waals surface area contributed by atoms with E-state index < -0.39 is 71.6 Å². The Kier molecular flexibility index (Phi) is 9.62. The fourth-order valence-electron chi connectivity index (χ4n) is 4.78. The largest absolute Gasteiger partial charge is 0.453 e. The van der Waals surface area contributed by atoms with Gasteiger partial charge in [-0.1, -0.05) is 13.8 Å². The molecule has 42 heavy (non-hydrogen) atoms. The van der Waals surface area contributed by atoms with Crippen LogP contribution in [0.2, 0.25) is 0 Å². The van der Waals surface area contributed by atoms with Crippen molar-refractivity contribution in [2.45, 2.75) is 70.3 Å². The number of ether oxygens (including phenoxy) is 2. The molecule has 3 rings (SSSR count). The standard InChI is InChI=1S/C27H27F9N2O4/c1-4-8-42-24(40)38-19(5-2)13-22(20-12-16(25(28,29)30)6-7-21(20)38)37(23(39)41-3)14-15-9-17(26(31,32)33)11-18(10-15)27(34,35)36/h6-7,9-12,19,22H,4-5,8,13-14H2,1-3H3. The van der Waals surface area contributed by atoms with Gasteiger partial charge >= 0.3 is 30.7 Å². The quantitative estimate of drug-likeness (QED) is 0.306. The van der Waals surface area contributed by atoms with Crippen LogP contribution in [0.1, 0.15) is 67.0 Å². The van der Waals surface area contributed by atoms with Gasteiger partial charge in [0, 0.05) is 12.6 Å². The molecule has 2 aromatic rings. The Bertz CT molecular complexity index is 1260. The van der Waals surface area contributed by atoms with Crippen LogP contribution < -0.4 is 4.90 Å². The van der Waals surface area contributed by atoms with E-state index in [4.69, 9.17) is 9.47 Å². The molecule has 2 amide bonds. The third kappa shape index (κ3) is 7.21. The summed E-state index contributed by atoms with van der Waals surface area (Å²) in [5.41, 5.74) is -5.26. The van der Waals surface area contributed by atoms with Gasteiger partial charge in [0.15, 0.2) is 0 Å². The molecule has 0 fully saturated rings. The van der Waals surface area contributed by atoms with Crippen LogP contribution in [0, 0.1) is 0 Å². The van der Waals surface area contributed by atoms with E-state index in [1.54, 1.807) is 13.8 Å². The second-order valence-electron chi connectivity index (χ2n) is 9.58. The summed E-state index contributed by atoms with van der Waals surface area (Å²) in [7, 11) is 0.907. The topological polar surface area (TPSA) is 59.1 Å². The molecule has 6 nitrogen and oxygen atoms in total. The first-order valence-corrected chi connectivity index (χ1v) is 12.7. The predicted molar refractivity (Wildman–Crippen MR) is 131 cm³/mol. The molecule has 0 radical (unpaired) electrons. The molecule has 0 saturated heterocycles. The monoisotopic (exact) mass is 614 g/mol. The molecular formula is C27H27F9N2O4. The van der Waals surface area contributed by atoms with Gasteiger partial charge in [0.25, 0.3) is 0 Å². The van der Waals surface area contributed by atoms with Crippen molar-refractivity contribution in [1.29, 1.82) is 0 Å². The number of methoxy groups -OCH3 is 1. The maximum atomic E-state index is 13.7. The van der Waals surface area contributed by atoms with E-state index in [0.717, 1.165) is 29.0 Å². The SMILES string of the molecule is CCCOC(=O)N1c2ccc(C(F)(F)F)cc2C(N(Cc2cc(C(F)(F)F)cc(C(F)(F)F)c2)C(=O)OC)CC1CC. The lowest BCUT2D eigenvalue weighted by Gasteiger charge is -2.43. The van der Waals surface area contributed by atoms with E-state index in [0.29, 0.717) is 24.6 Å². The summed E-state index contributed by atoms with van der Waals surface area (Å²) in [6.45, 7) is 2.52. The Morgan fingerprint density at radius 2 is 1.45 bits per heavy atom. The summed E-state index contributed by atoms with van der Waals surface area (Å²) < 4.78 is 132. The Hall–Kier alpha value is -3.65. The van der Waals surface area contributed by atoms with Crippen LogP contribution in [0.25, 0.3) is 0 Å². The summed E-state index contributed by atoms with van der Waals surface area (Å²) in [5.74, 6) is 0. The molecule has 2 unspecified atom stereocenters. The Labute approximate surface area is 235 Å². The molecule has 1 aliphatic heterocycles. The predicted octanol–water partition coefficient (Wildman–Crippen LogP) is 8.59. The lowest BCUT2D eigenvalue weighted by atomic mass is 9.87. The van der Waals surface area contributed by atoms with Gasteiger partial charge in [0.2, 0.25) is 0 Å². The van der Waals surface area contributed by atoms with Crippen LogP contribution in [0.15, 0.2) is 36.4 Å². The lowest BCUT2D eigenvalue weighted by molar-refractivity contribution is -0.143. The molecule has 1 heterocycles. The van der Waals surface area contributed by atoms with Crippen LogP contribution >= 0.6 is 0 Å². The van der Waals surface area contributed by atoms with Gasteiger partial charge in [-0.05, 0) is 66.8 Å². The number of hydrogen-bond acceptors (Lipinski definition) is 4. The highest BCUT2D eigenvalue weighted by molar-refractivity contribution is 5.90. The van der Waals surface area contributed by atoms with Crippen molar-refractivity contribution in [2.75, 3.05) is 18.6 Å². The zero-order chi connectivity index (χ0) is 31.6. The van der Waals surface area contributed by atoms with E-state index in [-0.39, 0.29) is 36.8 Å². The average molecular weight is 615 g/mol. The molecule has 0 spiro atoms. The molecule has 0 aliphatic carbocycles. The number of benzene rings is 2. The molecule has 0 aromatic heterocycles. The molecule has 0 N–H and O–H groups in total. The zero-order valence-electron chi connectivity index (χ0n) is 22.6. The molecular weight excluding hydrogens is 587 g/mol. The summed E-state index contributed by atoms with van der Waals surface area (Å²) in [6, 6.07) is 1.10. The molecule has 0 bridgehead atoms. The van der Waals surface area contributed by atoms with Crippen molar-refractivity contribution >= 4 is 17.9 Å². The van der Waals surface area contributed by atoms with Crippen molar-refractivity contribution in [2.24, 2.45) is 0 Å². The Balaban J connectivity index is 2.22. The number of nitrogens with zero attached hydrogens (tertiary/aromatic N) is 2. The number of anilines is 1. The zero-order valence-corrected chi connectivity index (χ0v) is 22.6. The van der Waals surface area contributed by atoms with Gasteiger partial charge in [-0.3, -0.25) is 9.80 Å². The number of carbonyl (C=O) groups is 2. The maximum absolute atomic E-state index is 13.7. The lowest BCUT2D eigenvalue weighted by Crippen LogP contribution is -2.48. The Morgan fingerprint density at radius 3 is 1.93 bits per heavy atom. The van der Waals surface area contributed by atoms with Crippen LogP contribution in [0.3, 0.4) is 0 Å². The van der Waals surface area contributed by atoms with E-state index in [1.807, 2.05) is 0 Å². The summed E-state index contributed by atoms with van der Waals surface area (Å²) >= 11 is 0. The van der Waals surface area contributed by atoms with Gasteiger partial charge in [0.05, 0.1) is 42.1 Å². The van der Waals surface area contributed by atoms with Crippen molar-refractivity contribution in [3.63, 3.8) is 0 Å². The first-order chi connectivity index (χ1) is 19.4. The smallest absolute Gasteiger partial charge is 0.416 e. The Morgan fingerprint density at radius 1 is 0.881 bits per heavy atom. The van der Waals surface area contributed by atoms with Crippen molar-refractivity contribution in [3.8, 4) is 0 Å². The van der Waals surface area contributed by atoms with Crippen molar-refractivity contribution < 1.29 is 58.6 Å². The normalized spacial score (nSPS) is 17.5. The third-order valence-electron chi connectivity index (χ3n) is 6.72. The van der Waals surface area contributed by atoms with Crippen LogP contribution in [-0.2, 0) is 34.5 Å². The number of rotatable bonds is 6. The first kappa shape index (κ1) is 32.9. The van der Waals surface area contributed by atoms with E-state index in [1.165, 1.54) is 0 Å². The second-order valence-corrected chi connectivity index (χ2v) is 9.58. The summed E-state index contributed by atoms with van der Waals surface area (Å²) in [5, 5.41) is 0. The van der Waals surface area contributed by atoms with Crippen LogP contribution in [-0.4, -0.2) is 36.8 Å².